The number of aromatic nitrogens is 1. The van der Waals surface area contributed by atoms with Crippen LogP contribution in [0.4, 0.5) is 0 Å². The fraction of sp³-hybridized carbons (Fsp3) is 0.474. The van der Waals surface area contributed by atoms with Crippen LogP contribution in [0.2, 0.25) is 0 Å². The molecule has 1 N–H and O–H groups in total. The second-order valence-electron chi connectivity index (χ2n) is 6.36. The van der Waals surface area contributed by atoms with Gasteiger partial charge in [0.2, 0.25) is 0 Å². The van der Waals surface area contributed by atoms with Gasteiger partial charge in [-0.2, -0.15) is 5.26 Å². The monoisotopic (exact) mass is 340 g/mol. The number of piperidine rings is 1. The second-order valence-corrected chi connectivity index (χ2v) is 7.28. The SMILES string of the molecule is CCC(NC1CCN(Cc2ccc(C#N)cc2)CC1)c1nccs1. The van der Waals surface area contributed by atoms with Crippen LogP contribution in [0.25, 0.3) is 0 Å². The van der Waals surface area contributed by atoms with Crippen LogP contribution in [-0.2, 0) is 6.54 Å². The van der Waals surface area contributed by atoms with Crippen molar-refractivity contribution < 1.29 is 0 Å². The Morgan fingerprint density at radius 2 is 2.08 bits per heavy atom. The molecule has 1 aliphatic rings. The van der Waals surface area contributed by atoms with Crippen molar-refractivity contribution in [2.45, 2.75) is 44.8 Å². The highest BCUT2D eigenvalue weighted by Crippen LogP contribution is 2.22. The maximum absolute atomic E-state index is 8.87. The molecule has 4 nitrogen and oxygen atoms in total. The Bertz CT molecular complexity index is 652. The summed E-state index contributed by atoms with van der Waals surface area (Å²) in [4.78, 5) is 6.96. The van der Waals surface area contributed by atoms with E-state index in [0.29, 0.717) is 12.1 Å². The van der Waals surface area contributed by atoms with Crippen molar-refractivity contribution in [2.75, 3.05) is 13.1 Å². The van der Waals surface area contributed by atoms with Crippen LogP contribution in [0, 0.1) is 11.3 Å². The van der Waals surface area contributed by atoms with Crippen molar-refractivity contribution in [1.82, 2.24) is 15.2 Å². The molecule has 1 aromatic heterocycles. The quantitative estimate of drug-likeness (QED) is 0.871. The van der Waals surface area contributed by atoms with Gasteiger partial charge in [0.1, 0.15) is 5.01 Å². The summed E-state index contributed by atoms with van der Waals surface area (Å²) in [7, 11) is 0. The van der Waals surface area contributed by atoms with Gasteiger partial charge in [-0.3, -0.25) is 4.90 Å². The number of rotatable bonds is 6. The van der Waals surface area contributed by atoms with Crippen LogP contribution in [0.3, 0.4) is 0 Å². The normalized spacial score (nSPS) is 17.5. The maximum Gasteiger partial charge on any atom is 0.109 e. The number of benzene rings is 1. The van der Waals surface area contributed by atoms with Crippen molar-refractivity contribution in [3.63, 3.8) is 0 Å². The molecule has 1 atom stereocenters. The Balaban J connectivity index is 1.47. The third-order valence-corrected chi connectivity index (χ3v) is 5.56. The average molecular weight is 340 g/mol. The van der Waals surface area contributed by atoms with E-state index < -0.39 is 0 Å². The predicted molar refractivity (Wildman–Crippen MR) is 97.7 cm³/mol. The zero-order chi connectivity index (χ0) is 16.8. The second kappa shape index (κ2) is 8.39. The molecular weight excluding hydrogens is 316 g/mol. The van der Waals surface area contributed by atoms with Crippen LogP contribution >= 0.6 is 11.3 Å². The lowest BCUT2D eigenvalue weighted by molar-refractivity contribution is 0.183. The van der Waals surface area contributed by atoms with Gasteiger partial charge in [-0.1, -0.05) is 19.1 Å². The van der Waals surface area contributed by atoms with Gasteiger partial charge in [0.05, 0.1) is 17.7 Å². The van der Waals surface area contributed by atoms with Gasteiger partial charge in [0, 0.05) is 24.2 Å². The van der Waals surface area contributed by atoms with Crippen LogP contribution in [-0.4, -0.2) is 29.0 Å². The summed E-state index contributed by atoms with van der Waals surface area (Å²) in [6.07, 6.45) is 5.33. The summed E-state index contributed by atoms with van der Waals surface area (Å²) in [6.45, 7) is 5.43. The minimum atomic E-state index is 0.389. The van der Waals surface area contributed by atoms with E-state index in [4.69, 9.17) is 5.26 Å². The number of nitrogens with zero attached hydrogens (tertiary/aromatic N) is 3. The summed E-state index contributed by atoms with van der Waals surface area (Å²) >= 11 is 1.74. The minimum absolute atomic E-state index is 0.389. The van der Waals surface area contributed by atoms with Crippen molar-refractivity contribution >= 4 is 11.3 Å². The van der Waals surface area contributed by atoms with Crippen molar-refractivity contribution in [3.8, 4) is 6.07 Å². The number of hydrogen-bond acceptors (Lipinski definition) is 5. The molecule has 24 heavy (non-hydrogen) atoms. The van der Waals surface area contributed by atoms with Gasteiger partial charge in [-0.05, 0) is 50.0 Å². The fourth-order valence-corrected chi connectivity index (χ4v) is 4.04. The smallest absolute Gasteiger partial charge is 0.109 e. The number of hydrogen-bond donors (Lipinski definition) is 1. The van der Waals surface area contributed by atoms with E-state index in [-0.39, 0.29) is 0 Å². The van der Waals surface area contributed by atoms with Crippen LogP contribution in [0.5, 0.6) is 0 Å². The standard InChI is InChI=1S/C19H24N4S/c1-2-18(19-21-9-12-24-19)22-17-7-10-23(11-8-17)14-16-5-3-15(13-20)4-6-16/h3-6,9,12,17-18,22H,2,7-8,10-11,14H2,1H3. The molecule has 0 spiro atoms. The summed E-state index contributed by atoms with van der Waals surface area (Å²) < 4.78 is 0. The Hall–Kier alpha value is -1.74. The molecule has 0 aliphatic carbocycles. The lowest BCUT2D eigenvalue weighted by atomic mass is 10.0. The van der Waals surface area contributed by atoms with E-state index in [1.165, 1.54) is 23.4 Å². The minimum Gasteiger partial charge on any atom is -0.305 e. The maximum atomic E-state index is 8.87. The van der Waals surface area contributed by atoms with Crippen molar-refractivity contribution in [1.29, 1.82) is 5.26 Å². The molecule has 0 bridgehead atoms. The molecule has 1 unspecified atom stereocenters. The molecule has 1 saturated heterocycles. The van der Waals surface area contributed by atoms with E-state index >= 15 is 0 Å². The molecule has 1 aromatic carbocycles. The first kappa shape index (κ1) is 17.1. The Kier molecular flexibility index (Phi) is 5.97. The van der Waals surface area contributed by atoms with Crippen molar-refractivity contribution in [2.24, 2.45) is 0 Å². The highest BCUT2D eigenvalue weighted by molar-refractivity contribution is 7.09. The van der Waals surface area contributed by atoms with Gasteiger partial charge in [-0.15, -0.1) is 11.3 Å². The predicted octanol–water partition coefficient (Wildman–Crippen LogP) is 3.72. The summed E-state index contributed by atoms with van der Waals surface area (Å²) in [5.74, 6) is 0. The first-order chi connectivity index (χ1) is 11.8. The highest BCUT2D eigenvalue weighted by Gasteiger charge is 2.22. The van der Waals surface area contributed by atoms with Gasteiger partial charge in [0.15, 0.2) is 0 Å². The van der Waals surface area contributed by atoms with E-state index in [2.05, 4.69) is 45.7 Å². The number of nitriles is 1. The lowest BCUT2D eigenvalue weighted by Crippen LogP contribution is -2.43. The van der Waals surface area contributed by atoms with Gasteiger partial charge >= 0.3 is 0 Å². The zero-order valence-corrected chi connectivity index (χ0v) is 14.9. The van der Waals surface area contributed by atoms with E-state index in [1.807, 2.05) is 18.3 Å². The molecule has 2 aromatic rings. The Morgan fingerprint density at radius 3 is 2.67 bits per heavy atom. The first-order valence-corrected chi connectivity index (χ1v) is 9.53. The van der Waals surface area contributed by atoms with E-state index in [1.54, 1.807) is 11.3 Å². The molecule has 5 heteroatoms. The topological polar surface area (TPSA) is 52.0 Å². The first-order valence-electron chi connectivity index (χ1n) is 8.65. The summed E-state index contributed by atoms with van der Waals surface area (Å²) in [6, 6.07) is 11.1. The molecular formula is C19H24N4S. The largest absolute Gasteiger partial charge is 0.305 e. The molecule has 0 amide bonds. The highest BCUT2D eigenvalue weighted by atomic mass is 32.1. The van der Waals surface area contributed by atoms with Crippen LogP contribution < -0.4 is 5.32 Å². The Morgan fingerprint density at radius 1 is 1.33 bits per heavy atom. The molecule has 0 radical (unpaired) electrons. The van der Waals surface area contributed by atoms with Gasteiger partial charge < -0.3 is 5.32 Å². The molecule has 1 fully saturated rings. The molecule has 0 saturated carbocycles. The number of nitrogens with one attached hydrogen (secondary N) is 1. The lowest BCUT2D eigenvalue weighted by Gasteiger charge is -2.34. The van der Waals surface area contributed by atoms with Crippen LogP contribution in [0.1, 0.15) is 48.4 Å². The number of thiazole rings is 1. The van der Waals surface area contributed by atoms with E-state index in [9.17, 15) is 0 Å². The van der Waals surface area contributed by atoms with Crippen LogP contribution in [0.15, 0.2) is 35.8 Å². The average Bonchev–Trinajstić information content (AvgIpc) is 3.16. The number of likely N-dealkylation sites (tertiary alicyclic amines) is 1. The van der Waals surface area contributed by atoms with E-state index in [0.717, 1.165) is 31.6 Å². The fourth-order valence-electron chi connectivity index (χ4n) is 3.26. The summed E-state index contributed by atoms with van der Waals surface area (Å²) in [5, 5.41) is 15.9. The molecule has 2 heterocycles. The van der Waals surface area contributed by atoms with Gasteiger partial charge in [-0.25, -0.2) is 4.98 Å². The molecule has 1 aliphatic heterocycles. The third kappa shape index (κ3) is 4.41. The Labute approximate surface area is 148 Å². The zero-order valence-electron chi connectivity index (χ0n) is 14.1. The summed E-state index contributed by atoms with van der Waals surface area (Å²) in [5.41, 5.74) is 2.02. The van der Waals surface area contributed by atoms with Gasteiger partial charge in [0.25, 0.3) is 0 Å². The van der Waals surface area contributed by atoms with Crippen molar-refractivity contribution in [3.05, 3.63) is 52.0 Å². The third-order valence-electron chi connectivity index (χ3n) is 4.67. The molecule has 126 valence electrons. The molecule has 3 rings (SSSR count).